The van der Waals surface area contributed by atoms with Crippen molar-refractivity contribution in [3.63, 3.8) is 0 Å². The molecule has 2 aliphatic rings. The minimum absolute atomic E-state index is 0.119. The Hall–Kier alpha value is -2.43. The number of carbonyl (C=O) groups is 2. The summed E-state index contributed by atoms with van der Waals surface area (Å²) < 4.78 is 66.7. The first kappa shape index (κ1) is 22.8. The molecule has 2 aromatic carbocycles. The number of anilines is 1. The van der Waals surface area contributed by atoms with Crippen molar-refractivity contribution in [3.8, 4) is 0 Å². The summed E-state index contributed by atoms with van der Waals surface area (Å²) in [4.78, 5) is 26.0. The molecule has 170 valence electrons. The molecule has 6 nitrogen and oxygen atoms in total. The second-order valence-electron chi connectivity index (χ2n) is 8.03. The molecule has 0 spiro atoms. The van der Waals surface area contributed by atoms with E-state index in [1.807, 2.05) is 0 Å². The Labute approximate surface area is 187 Å². The van der Waals surface area contributed by atoms with E-state index in [-0.39, 0.29) is 12.2 Å². The van der Waals surface area contributed by atoms with Crippen LogP contribution in [0.25, 0.3) is 0 Å². The van der Waals surface area contributed by atoms with Crippen LogP contribution >= 0.6 is 11.6 Å². The van der Waals surface area contributed by atoms with Crippen molar-refractivity contribution in [1.82, 2.24) is 0 Å². The van der Waals surface area contributed by atoms with Gasteiger partial charge in [-0.3, -0.25) is 9.59 Å². The van der Waals surface area contributed by atoms with Crippen molar-refractivity contribution in [2.45, 2.75) is 36.2 Å². The number of hydrogen-bond donors (Lipinski definition) is 1. The van der Waals surface area contributed by atoms with Crippen LogP contribution in [-0.4, -0.2) is 37.8 Å². The third kappa shape index (κ3) is 4.26. The van der Waals surface area contributed by atoms with Gasteiger partial charge in [-0.25, -0.2) is 21.6 Å². The monoisotopic (exact) mass is 486 g/mol. The van der Waals surface area contributed by atoms with Crippen molar-refractivity contribution < 1.29 is 31.2 Å². The fourth-order valence-electron chi connectivity index (χ4n) is 3.69. The van der Waals surface area contributed by atoms with Gasteiger partial charge >= 0.3 is 0 Å². The first-order valence-electron chi connectivity index (χ1n) is 9.68. The van der Waals surface area contributed by atoms with Crippen LogP contribution in [0.5, 0.6) is 0 Å². The standard InChI is InChI=1S/C21H18ClF3N2O4S/c22-13-3-1-11(2-4-13)9-27-17-6-14(18(28)5-12-8-21(12,24)25)15(23)7-19(17)32(30,31)10-16(26)20(27)29/h1-4,6-7,12,16H,5,8-10,26H2/t12-,16+/m1/s1. The Bertz CT molecular complexity index is 1220. The van der Waals surface area contributed by atoms with Gasteiger partial charge in [0.2, 0.25) is 5.91 Å². The predicted octanol–water partition coefficient (Wildman–Crippen LogP) is 3.35. The quantitative estimate of drug-likeness (QED) is 0.654. The van der Waals surface area contributed by atoms with Gasteiger partial charge in [-0.15, -0.1) is 0 Å². The molecule has 1 heterocycles. The van der Waals surface area contributed by atoms with Gasteiger partial charge in [0.05, 0.1) is 34.5 Å². The van der Waals surface area contributed by atoms with Crippen LogP contribution in [0.1, 0.15) is 28.8 Å². The van der Waals surface area contributed by atoms with Gasteiger partial charge < -0.3 is 10.6 Å². The van der Waals surface area contributed by atoms with E-state index < -0.39 is 74.3 Å². The lowest BCUT2D eigenvalue weighted by atomic mass is 10.0. The zero-order valence-corrected chi connectivity index (χ0v) is 18.1. The summed E-state index contributed by atoms with van der Waals surface area (Å²) in [5.41, 5.74) is 5.62. The molecule has 0 radical (unpaired) electrons. The second-order valence-corrected chi connectivity index (χ2v) is 10.5. The molecule has 2 aromatic rings. The summed E-state index contributed by atoms with van der Waals surface area (Å²) in [5, 5.41) is 0.447. The van der Waals surface area contributed by atoms with Crippen molar-refractivity contribution in [2.75, 3.05) is 10.7 Å². The number of nitrogens with zero attached hydrogens (tertiary/aromatic N) is 1. The van der Waals surface area contributed by atoms with E-state index in [0.29, 0.717) is 16.7 Å². The topological polar surface area (TPSA) is 97.5 Å². The zero-order chi connectivity index (χ0) is 23.4. The van der Waals surface area contributed by atoms with Gasteiger partial charge in [0.15, 0.2) is 15.6 Å². The molecular formula is C21H18ClF3N2O4S. The normalized spacial score (nSPS) is 23.4. The number of benzene rings is 2. The molecule has 11 heteroatoms. The Morgan fingerprint density at radius 2 is 1.84 bits per heavy atom. The third-order valence-electron chi connectivity index (χ3n) is 5.60. The molecule has 0 saturated heterocycles. The van der Waals surface area contributed by atoms with Crippen LogP contribution in [0.15, 0.2) is 41.3 Å². The number of fused-ring (bicyclic) bond motifs is 1. The maximum Gasteiger partial charge on any atom is 0.252 e. The molecule has 0 aromatic heterocycles. The summed E-state index contributed by atoms with van der Waals surface area (Å²) in [6, 6.07) is 6.57. The molecular weight excluding hydrogens is 469 g/mol. The van der Waals surface area contributed by atoms with E-state index in [1.54, 1.807) is 24.3 Å². The second kappa shape index (κ2) is 7.86. The van der Waals surface area contributed by atoms with Crippen molar-refractivity contribution >= 4 is 38.8 Å². The van der Waals surface area contributed by atoms with Gasteiger partial charge in [-0.2, -0.15) is 0 Å². The molecule has 0 unspecified atom stereocenters. The zero-order valence-electron chi connectivity index (χ0n) is 16.5. The lowest BCUT2D eigenvalue weighted by Crippen LogP contribution is -2.45. The highest BCUT2D eigenvalue weighted by molar-refractivity contribution is 7.91. The minimum Gasteiger partial charge on any atom is -0.319 e. The maximum atomic E-state index is 14.7. The van der Waals surface area contributed by atoms with E-state index in [9.17, 15) is 31.2 Å². The Kier molecular flexibility index (Phi) is 5.59. The Morgan fingerprint density at radius 1 is 1.22 bits per heavy atom. The number of Topliss-reactive ketones (excluding diaryl/α,β-unsaturated/α-hetero) is 1. The number of alkyl halides is 2. The summed E-state index contributed by atoms with van der Waals surface area (Å²) >= 11 is 5.88. The highest BCUT2D eigenvalue weighted by Crippen LogP contribution is 2.51. The molecule has 0 bridgehead atoms. The number of hydrogen-bond acceptors (Lipinski definition) is 5. The highest BCUT2D eigenvalue weighted by Gasteiger charge is 2.57. The lowest BCUT2D eigenvalue weighted by Gasteiger charge is -2.25. The highest BCUT2D eigenvalue weighted by atomic mass is 35.5. The summed E-state index contributed by atoms with van der Waals surface area (Å²) in [6.45, 7) is -0.119. The maximum absolute atomic E-state index is 14.7. The molecule has 1 amide bonds. The van der Waals surface area contributed by atoms with E-state index >= 15 is 0 Å². The molecule has 4 rings (SSSR count). The summed E-state index contributed by atoms with van der Waals surface area (Å²) in [5.74, 6) is -7.67. The van der Waals surface area contributed by atoms with Crippen molar-refractivity contribution in [2.24, 2.45) is 11.7 Å². The number of carbonyl (C=O) groups excluding carboxylic acids is 2. The summed E-state index contributed by atoms with van der Waals surface area (Å²) in [7, 11) is -4.17. The van der Waals surface area contributed by atoms with E-state index in [0.717, 1.165) is 11.0 Å². The average Bonchev–Trinajstić information content (AvgIpc) is 3.32. The van der Waals surface area contributed by atoms with Crippen LogP contribution in [0.3, 0.4) is 0 Å². The molecule has 2 N–H and O–H groups in total. The first-order chi connectivity index (χ1) is 14.9. The smallest absolute Gasteiger partial charge is 0.252 e. The molecule has 32 heavy (non-hydrogen) atoms. The lowest BCUT2D eigenvalue weighted by molar-refractivity contribution is -0.119. The number of sulfone groups is 1. The van der Waals surface area contributed by atoms with Crippen LogP contribution < -0.4 is 10.6 Å². The minimum atomic E-state index is -4.17. The van der Waals surface area contributed by atoms with Crippen LogP contribution in [-0.2, 0) is 21.2 Å². The number of ketones is 1. The number of amides is 1. The van der Waals surface area contributed by atoms with Gasteiger partial charge in [-0.1, -0.05) is 23.7 Å². The average molecular weight is 487 g/mol. The number of halogens is 4. The van der Waals surface area contributed by atoms with Gasteiger partial charge in [0.1, 0.15) is 5.82 Å². The molecule has 1 aliphatic carbocycles. The van der Waals surface area contributed by atoms with E-state index in [2.05, 4.69) is 0 Å². The van der Waals surface area contributed by atoms with Gasteiger partial charge in [-0.05, 0) is 29.8 Å². The van der Waals surface area contributed by atoms with E-state index in [4.69, 9.17) is 17.3 Å². The predicted molar refractivity (Wildman–Crippen MR) is 111 cm³/mol. The first-order valence-corrected chi connectivity index (χ1v) is 11.7. The fourth-order valence-corrected chi connectivity index (χ4v) is 5.39. The van der Waals surface area contributed by atoms with Crippen LogP contribution in [0, 0.1) is 11.7 Å². The van der Waals surface area contributed by atoms with Crippen molar-refractivity contribution in [3.05, 3.63) is 58.4 Å². The van der Waals surface area contributed by atoms with Crippen molar-refractivity contribution in [1.29, 1.82) is 0 Å². The van der Waals surface area contributed by atoms with Gasteiger partial charge in [0, 0.05) is 23.8 Å². The molecule has 2 atom stereocenters. The Morgan fingerprint density at radius 3 is 2.44 bits per heavy atom. The molecule has 1 aliphatic heterocycles. The van der Waals surface area contributed by atoms with Crippen LogP contribution in [0.2, 0.25) is 5.02 Å². The SMILES string of the molecule is N[C@H]1CS(=O)(=O)c2cc(F)c(C(=O)C[C@@H]3CC3(F)F)cc2N(Cc2ccc(Cl)cc2)C1=O. The Balaban J connectivity index is 1.80. The molecule has 1 saturated carbocycles. The van der Waals surface area contributed by atoms with Crippen LogP contribution in [0.4, 0.5) is 18.9 Å². The fraction of sp³-hybridized carbons (Fsp3) is 0.333. The number of nitrogens with two attached hydrogens (primary N) is 1. The van der Waals surface area contributed by atoms with E-state index in [1.165, 1.54) is 0 Å². The third-order valence-corrected chi connectivity index (χ3v) is 7.65. The van der Waals surface area contributed by atoms with Gasteiger partial charge in [0.25, 0.3) is 5.92 Å². The number of rotatable bonds is 5. The largest absolute Gasteiger partial charge is 0.319 e. The molecule has 1 fully saturated rings. The summed E-state index contributed by atoms with van der Waals surface area (Å²) in [6.07, 6.45) is -1.05.